The molecule has 0 saturated heterocycles. The van der Waals surface area contributed by atoms with Gasteiger partial charge in [-0.3, -0.25) is 9.69 Å². The van der Waals surface area contributed by atoms with Gasteiger partial charge in [-0.15, -0.1) is 0 Å². The fraction of sp³-hybridized carbons (Fsp3) is 0.444. The predicted octanol–water partition coefficient (Wildman–Crippen LogP) is 4.93. The van der Waals surface area contributed by atoms with Crippen LogP contribution >= 0.6 is 0 Å². The molecule has 2 aromatic carbocycles. The number of nitrogens with zero attached hydrogens (tertiary/aromatic N) is 4. The molecule has 164 valence electrons. The van der Waals surface area contributed by atoms with Gasteiger partial charge in [0.25, 0.3) is 0 Å². The zero-order valence-corrected chi connectivity index (χ0v) is 18.8. The van der Waals surface area contributed by atoms with Crippen LogP contribution in [-0.2, 0) is 17.8 Å². The summed E-state index contributed by atoms with van der Waals surface area (Å²) in [6, 6.07) is 17.9. The van der Waals surface area contributed by atoms with E-state index in [0.717, 1.165) is 69.4 Å². The number of nitriles is 2. The normalized spacial score (nSPS) is 17.6. The van der Waals surface area contributed by atoms with Crippen molar-refractivity contribution in [2.45, 2.75) is 64.0 Å². The van der Waals surface area contributed by atoms with Crippen LogP contribution in [-0.4, -0.2) is 29.4 Å². The summed E-state index contributed by atoms with van der Waals surface area (Å²) >= 11 is 0. The average molecular weight is 427 g/mol. The standard InChI is InChI=1S/C27H30N4O/c1-21(32)31(26-7-5-6-22(17-26)18-28)27(11-3-2-4-12-27)13-15-30-14-10-24-16-23(19-29)8-9-25(24)20-30/h5-9,16-17H,2-4,10-15,20H2,1H3. The molecular weight excluding hydrogens is 396 g/mol. The molecule has 1 amide bonds. The number of carbonyl (C=O) groups is 1. The van der Waals surface area contributed by atoms with Crippen LogP contribution in [0.15, 0.2) is 42.5 Å². The zero-order chi connectivity index (χ0) is 22.6. The van der Waals surface area contributed by atoms with Crippen LogP contribution in [0.1, 0.15) is 67.7 Å². The van der Waals surface area contributed by atoms with Crippen LogP contribution in [0.3, 0.4) is 0 Å². The SMILES string of the molecule is CC(=O)N(c1cccc(C#N)c1)C1(CCN2CCc3cc(C#N)ccc3C2)CCCCC1. The van der Waals surface area contributed by atoms with Gasteiger partial charge in [0.05, 0.1) is 23.3 Å². The summed E-state index contributed by atoms with van der Waals surface area (Å²) in [4.78, 5) is 17.4. The number of hydrogen-bond acceptors (Lipinski definition) is 4. The van der Waals surface area contributed by atoms with E-state index in [0.29, 0.717) is 5.56 Å². The third-order valence-corrected chi connectivity index (χ3v) is 7.13. The van der Waals surface area contributed by atoms with Crippen molar-refractivity contribution in [2.24, 2.45) is 0 Å². The van der Waals surface area contributed by atoms with Crippen molar-refractivity contribution in [3.05, 3.63) is 64.7 Å². The minimum Gasteiger partial charge on any atom is -0.306 e. The Bertz CT molecular complexity index is 1070. The van der Waals surface area contributed by atoms with Crippen molar-refractivity contribution in [2.75, 3.05) is 18.0 Å². The lowest BCUT2D eigenvalue weighted by molar-refractivity contribution is -0.118. The molecule has 32 heavy (non-hydrogen) atoms. The zero-order valence-electron chi connectivity index (χ0n) is 18.8. The molecule has 0 aromatic heterocycles. The summed E-state index contributed by atoms with van der Waals surface area (Å²) < 4.78 is 0. The fourth-order valence-corrected chi connectivity index (χ4v) is 5.54. The molecular formula is C27H30N4O. The van der Waals surface area contributed by atoms with E-state index >= 15 is 0 Å². The van der Waals surface area contributed by atoms with Gasteiger partial charge in [-0.2, -0.15) is 10.5 Å². The number of fused-ring (bicyclic) bond motifs is 1. The summed E-state index contributed by atoms with van der Waals surface area (Å²) in [6.45, 7) is 4.45. The molecule has 1 aliphatic heterocycles. The summed E-state index contributed by atoms with van der Waals surface area (Å²) in [5.41, 5.74) is 4.54. The van der Waals surface area contributed by atoms with E-state index in [-0.39, 0.29) is 11.4 Å². The van der Waals surface area contributed by atoms with E-state index in [2.05, 4.69) is 23.1 Å². The Labute approximate surface area is 190 Å². The van der Waals surface area contributed by atoms with Crippen molar-refractivity contribution in [3.63, 3.8) is 0 Å². The Morgan fingerprint density at radius 3 is 2.50 bits per heavy atom. The predicted molar refractivity (Wildman–Crippen MR) is 125 cm³/mol. The number of carbonyl (C=O) groups excluding carboxylic acids is 1. The number of rotatable bonds is 5. The Morgan fingerprint density at radius 2 is 1.78 bits per heavy atom. The molecule has 5 nitrogen and oxygen atoms in total. The highest BCUT2D eigenvalue weighted by Crippen LogP contribution is 2.40. The van der Waals surface area contributed by atoms with Gasteiger partial charge < -0.3 is 4.90 Å². The van der Waals surface area contributed by atoms with E-state index in [4.69, 9.17) is 5.26 Å². The van der Waals surface area contributed by atoms with E-state index in [1.807, 2.05) is 35.2 Å². The summed E-state index contributed by atoms with van der Waals surface area (Å²) in [7, 11) is 0. The quantitative estimate of drug-likeness (QED) is 0.679. The van der Waals surface area contributed by atoms with E-state index in [1.54, 1.807) is 13.0 Å². The number of benzene rings is 2. The smallest absolute Gasteiger partial charge is 0.224 e. The topological polar surface area (TPSA) is 71.1 Å². The Morgan fingerprint density at radius 1 is 1.03 bits per heavy atom. The molecule has 2 aliphatic rings. The molecule has 0 radical (unpaired) electrons. The molecule has 2 aromatic rings. The lowest BCUT2D eigenvalue weighted by Crippen LogP contribution is -2.54. The van der Waals surface area contributed by atoms with Crippen molar-refractivity contribution in [1.29, 1.82) is 10.5 Å². The number of anilines is 1. The molecule has 5 heteroatoms. The first-order chi connectivity index (χ1) is 15.5. The summed E-state index contributed by atoms with van der Waals surface area (Å²) in [5, 5.41) is 18.5. The lowest BCUT2D eigenvalue weighted by atomic mass is 9.77. The largest absolute Gasteiger partial charge is 0.306 e. The van der Waals surface area contributed by atoms with E-state index < -0.39 is 0 Å². The highest BCUT2D eigenvalue weighted by molar-refractivity contribution is 5.93. The lowest BCUT2D eigenvalue weighted by Gasteiger charge is -2.47. The average Bonchev–Trinajstić information content (AvgIpc) is 2.83. The van der Waals surface area contributed by atoms with E-state index in [1.165, 1.54) is 17.5 Å². The van der Waals surface area contributed by atoms with Crippen molar-refractivity contribution >= 4 is 11.6 Å². The molecule has 0 atom stereocenters. The molecule has 1 heterocycles. The maximum absolute atomic E-state index is 12.9. The van der Waals surface area contributed by atoms with Gasteiger partial charge in [0.1, 0.15) is 0 Å². The third kappa shape index (κ3) is 4.54. The minimum atomic E-state index is -0.205. The van der Waals surface area contributed by atoms with Gasteiger partial charge in [0.2, 0.25) is 5.91 Å². The maximum atomic E-state index is 12.9. The van der Waals surface area contributed by atoms with Crippen molar-refractivity contribution < 1.29 is 4.79 Å². The first kappa shape index (κ1) is 22.1. The molecule has 0 spiro atoms. The second kappa shape index (κ2) is 9.55. The van der Waals surface area contributed by atoms with Gasteiger partial charge in [-0.05, 0) is 67.1 Å². The number of amides is 1. The second-order valence-corrected chi connectivity index (χ2v) is 9.17. The summed E-state index contributed by atoms with van der Waals surface area (Å²) in [5.74, 6) is 0.0509. The van der Waals surface area contributed by atoms with Gasteiger partial charge in [-0.1, -0.05) is 31.4 Å². The monoisotopic (exact) mass is 426 g/mol. The van der Waals surface area contributed by atoms with Crippen LogP contribution in [0.25, 0.3) is 0 Å². The van der Waals surface area contributed by atoms with Crippen LogP contribution < -0.4 is 4.90 Å². The first-order valence-electron chi connectivity index (χ1n) is 11.6. The van der Waals surface area contributed by atoms with Crippen LogP contribution in [0.4, 0.5) is 5.69 Å². The fourth-order valence-electron chi connectivity index (χ4n) is 5.54. The van der Waals surface area contributed by atoms with Crippen LogP contribution in [0.2, 0.25) is 0 Å². The highest BCUT2D eigenvalue weighted by atomic mass is 16.2. The Kier molecular flexibility index (Phi) is 6.58. The molecule has 1 saturated carbocycles. The van der Waals surface area contributed by atoms with Gasteiger partial charge in [0.15, 0.2) is 0 Å². The Balaban J connectivity index is 1.55. The molecule has 1 fully saturated rings. The summed E-state index contributed by atoms with van der Waals surface area (Å²) in [6.07, 6.45) is 7.35. The number of hydrogen-bond donors (Lipinski definition) is 0. The van der Waals surface area contributed by atoms with Crippen molar-refractivity contribution in [3.8, 4) is 12.1 Å². The minimum absolute atomic E-state index is 0.0509. The van der Waals surface area contributed by atoms with E-state index in [9.17, 15) is 10.1 Å². The van der Waals surface area contributed by atoms with Crippen LogP contribution in [0, 0.1) is 22.7 Å². The van der Waals surface area contributed by atoms with Crippen molar-refractivity contribution in [1.82, 2.24) is 4.90 Å². The van der Waals surface area contributed by atoms with Gasteiger partial charge >= 0.3 is 0 Å². The molecule has 0 N–H and O–H groups in total. The first-order valence-corrected chi connectivity index (χ1v) is 11.6. The molecule has 0 unspecified atom stereocenters. The van der Waals surface area contributed by atoms with Gasteiger partial charge in [-0.25, -0.2) is 0 Å². The third-order valence-electron chi connectivity index (χ3n) is 7.13. The maximum Gasteiger partial charge on any atom is 0.224 e. The van der Waals surface area contributed by atoms with Crippen LogP contribution in [0.5, 0.6) is 0 Å². The molecule has 0 bridgehead atoms. The Hall–Kier alpha value is -3.15. The highest BCUT2D eigenvalue weighted by Gasteiger charge is 2.40. The molecule has 4 rings (SSSR count). The molecule has 1 aliphatic carbocycles. The van der Waals surface area contributed by atoms with Gasteiger partial charge in [0, 0.05) is 37.8 Å². The second-order valence-electron chi connectivity index (χ2n) is 9.17.